The molecule has 1 aromatic carbocycles. The van der Waals surface area contributed by atoms with Crippen LogP contribution in [0.25, 0.3) is 0 Å². The van der Waals surface area contributed by atoms with Gasteiger partial charge in [-0.1, -0.05) is 23.2 Å². The van der Waals surface area contributed by atoms with Gasteiger partial charge in [0, 0.05) is 23.4 Å². The number of rotatable bonds is 5. The number of carbonyl (C=O) groups is 2. The molecule has 0 radical (unpaired) electrons. The van der Waals surface area contributed by atoms with E-state index in [0.29, 0.717) is 22.0 Å². The van der Waals surface area contributed by atoms with Crippen molar-refractivity contribution in [1.29, 1.82) is 0 Å². The molecular formula is C11H11Cl2NO2. The summed E-state index contributed by atoms with van der Waals surface area (Å²) in [6, 6.07) is 4.70. The van der Waals surface area contributed by atoms with E-state index in [1.165, 1.54) is 6.07 Å². The molecule has 16 heavy (non-hydrogen) atoms. The Morgan fingerprint density at radius 1 is 1.19 bits per heavy atom. The summed E-state index contributed by atoms with van der Waals surface area (Å²) in [6.45, 7) is 0. The van der Waals surface area contributed by atoms with E-state index in [0.717, 1.165) is 0 Å². The van der Waals surface area contributed by atoms with Crippen molar-refractivity contribution in [2.24, 2.45) is 5.73 Å². The van der Waals surface area contributed by atoms with Crippen LogP contribution in [-0.2, 0) is 4.79 Å². The Labute approximate surface area is 104 Å². The minimum Gasteiger partial charge on any atom is -0.370 e. The number of carbonyl (C=O) groups excluding carboxylic acids is 2. The lowest BCUT2D eigenvalue weighted by atomic mass is 10.1. The first-order chi connectivity index (χ1) is 7.50. The molecule has 0 aliphatic rings. The number of nitrogens with two attached hydrogens (primary N) is 1. The highest BCUT2D eigenvalue weighted by Crippen LogP contribution is 2.22. The van der Waals surface area contributed by atoms with Crippen LogP contribution in [-0.4, -0.2) is 11.7 Å². The Morgan fingerprint density at radius 2 is 1.88 bits per heavy atom. The Bertz CT molecular complexity index is 418. The smallest absolute Gasteiger partial charge is 0.217 e. The van der Waals surface area contributed by atoms with Crippen molar-refractivity contribution in [3.8, 4) is 0 Å². The molecule has 5 heteroatoms. The number of ketones is 1. The summed E-state index contributed by atoms with van der Waals surface area (Å²) in [6.07, 6.45) is 0.897. The monoisotopic (exact) mass is 259 g/mol. The van der Waals surface area contributed by atoms with Crippen molar-refractivity contribution < 1.29 is 9.59 Å². The minimum absolute atomic E-state index is 0.108. The quantitative estimate of drug-likeness (QED) is 0.827. The van der Waals surface area contributed by atoms with Gasteiger partial charge in [-0.05, 0) is 24.6 Å². The second-order valence-corrected chi connectivity index (χ2v) is 4.21. The molecule has 1 aromatic rings. The number of amides is 1. The summed E-state index contributed by atoms with van der Waals surface area (Å²) in [4.78, 5) is 22.2. The molecule has 0 aliphatic heterocycles. The summed E-state index contributed by atoms with van der Waals surface area (Å²) in [5, 5.41) is 0.815. The normalized spacial score (nSPS) is 10.1. The average Bonchev–Trinajstić information content (AvgIpc) is 2.16. The summed E-state index contributed by atoms with van der Waals surface area (Å²) < 4.78 is 0. The van der Waals surface area contributed by atoms with Gasteiger partial charge in [0.05, 0.1) is 5.02 Å². The molecule has 0 saturated heterocycles. The number of benzene rings is 1. The third kappa shape index (κ3) is 3.83. The molecule has 1 rings (SSSR count). The first-order valence-corrected chi connectivity index (χ1v) is 5.53. The van der Waals surface area contributed by atoms with Gasteiger partial charge in [0.2, 0.25) is 5.91 Å². The fraction of sp³-hybridized carbons (Fsp3) is 0.273. The van der Waals surface area contributed by atoms with E-state index in [1.54, 1.807) is 12.1 Å². The van der Waals surface area contributed by atoms with Crippen molar-refractivity contribution in [1.82, 2.24) is 0 Å². The maximum Gasteiger partial charge on any atom is 0.217 e. The first kappa shape index (κ1) is 13.0. The van der Waals surface area contributed by atoms with Crippen LogP contribution in [0, 0.1) is 0 Å². The van der Waals surface area contributed by atoms with Gasteiger partial charge in [0.15, 0.2) is 5.78 Å². The zero-order chi connectivity index (χ0) is 12.1. The topological polar surface area (TPSA) is 60.2 Å². The predicted octanol–water partition coefficient (Wildman–Crippen LogP) is 2.83. The molecule has 1 amide bonds. The lowest BCUT2D eigenvalue weighted by molar-refractivity contribution is -0.118. The maximum absolute atomic E-state index is 11.7. The predicted molar refractivity (Wildman–Crippen MR) is 63.8 cm³/mol. The highest BCUT2D eigenvalue weighted by atomic mass is 35.5. The van der Waals surface area contributed by atoms with Gasteiger partial charge in [-0.2, -0.15) is 0 Å². The van der Waals surface area contributed by atoms with Gasteiger partial charge in [0.25, 0.3) is 0 Å². The third-order valence-corrected chi connectivity index (χ3v) is 2.61. The largest absolute Gasteiger partial charge is 0.370 e. The molecule has 2 N–H and O–H groups in total. The fourth-order valence-corrected chi connectivity index (χ4v) is 1.79. The highest BCUT2D eigenvalue weighted by Gasteiger charge is 2.10. The van der Waals surface area contributed by atoms with Gasteiger partial charge in [-0.3, -0.25) is 9.59 Å². The van der Waals surface area contributed by atoms with E-state index in [-0.39, 0.29) is 18.6 Å². The van der Waals surface area contributed by atoms with Crippen molar-refractivity contribution in [3.63, 3.8) is 0 Å². The van der Waals surface area contributed by atoms with Crippen LogP contribution < -0.4 is 5.73 Å². The van der Waals surface area contributed by atoms with Gasteiger partial charge in [0.1, 0.15) is 0 Å². The lowest BCUT2D eigenvalue weighted by Gasteiger charge is -2.03. The Morgan fingerprint density at radius 3 is 2.44 bits per heavy atom. The van der Waals surface area contributed by atoms with E-state index in [9.17, 15) is 9.59 Å². The summed E-state index contributed by atoms with van der Waals surface area (Å²) in [5.41, 5.74) is 5.40. The average molecular weight is 260 g/mol. The van der Waals surface area contributed by atoms with Gasteiger partial charge in [-0.25, -0.2) is 0 Å². The van der Waals surface area contributed by atoms with E-state index in [4.69, 9.17) is 28.9 Å². The summed E-state index contributed by atoms with van der Waals surface area (Å²) >= 11 is 11.6. The minimum atomic E-state index is -0.407. The molecule has 0 fully saturated rings. The number of halogens is 2. The number of primary amides is 1. The molecule has 3 nitrogen and oxygen atoms in total. The molecule has 0 unspecified atom stereocenters. The van der Waals surface area contributed by atoms with Crippen LogP contribution in [0.4, 0.5) is 0 Å². The number of Topliss-reactive ketones (excluding diaryl/α,β-unsaturated/α-hetero) is 1. The second-order valence-electron chi connectivity index (χ2n) is 3.37. The summed E-state index contributed by atoms with van der Waals surface area (Å²) in [5.74, 6) is -0.516. The van der Waals surface area contributed by atoms with Gasteiger partial charge >= 0.3 is 0 Å². The van der Waals surface area contributed by atoms with E-state index in [2.05, 4.69) is 0 Å². The lowest BCUT2D eigenvalue weighted by Crippen LogP contribution is -2.11. The van der Waals surface area contributed by atoms with Crippen LogP contribution >= 0.6 is 23.2 Å². The van der Waals surface area contributed by atoms with E-state index < -0.39 is 5.91 Å². The molecule has 0 heterocycles. The zero-order valence-corrected chi connectivity index (χ0v) is 10.0. The molecular weight excluding hydrogens is 249 g/mol. The van der Waals surface area contributed by atoms with Gasteiger partial charge in [-0.15, -0.1) is 0 Å². The SMILES string of the molecule is NC(=O)CCCC(=O)c1ccc(Cl)cc1Cl. The highest BCUT2D eigenvalue weighted by molar-refractivity contribution is 6.36. The molecule has 0 aromatic heterocycles. The number of hydrogen-bond donors (Lipinski definition) is 1. The van der Waals surface area contributed by atoms with Gasteiger partial charge < -0.3 is 5.73 Å². The molecule has 0 saturated carbocycles. The van der Waals surface area contributed by atoms with Crippen LogP contribution in [0.15, 0.2) is 18.2 Å². The van der Waals surface area contributed by atoms with Crippen LogP contribution in [0.1, 0.15) is 29.6 Å². The first-order valence-electron chi connectivity index (χ1n) is 4.77. The van der Waals surface area contributed by atoms with Crippen molar-refractivity contribution in [2.75, 3.05) is 0 Å². The second kappa shape index (κ2) is 5.87. The maximum atomic E-state index is 11.7. The molecule has 0 bridgehead atoms. The van der Waals surface area contributed by atoms with E-state index in [1.807, 2.05) is 0 Å². The van der Waals surface area contributed by atoms with Crippen molar-refractivity contribution in [3.05, 3.63) is 33.8 Å². The van der Waals surface area contributed by atoms with Crippen LogP contribution in [0.3, 0.4) is 0 Å². The Kier molecular flexibility index (Phi) is 4.77. The van der Waals surface area contributed by atoms with Crippen molar-refractivity contribution >= 4 is 34.9 Å². The third-order valence-electron chi connectivity index (χ3n) is 2.06. The standard InChI is InChI=1S/C11H11Cl2NO2/c12-7-4-5-8(9(13)6-7)10(15)2-1-3-11(14)16/h4-6H,1-3H2,(H2,14,16). The molecule has 86 valence electrons. The van der Waals surface area contributed by atoms with Crippen molar-refractivity contribution in [2.45, 2.75) is 19.3 Å². The fourth-order valence-electron chi connectivity index (χ4n) is 1.27. The zero-order valence-electron chi connectivity index (χ0n) is 8.50. The molecule has 0 spiro atoms. The Balaban J connectivity index is 2.63. The van der Waals surface area contributed by atoms with Crippen LogP contribution in [0.5, 0.6) is 0 Å². The summed E-state index contributed by atoms with van der Waals surface area (Å²) in [7, 11) is 0. The number of hydrogen-bond acceptors (Lipinski definition) is 2. The Hall–Kier alpha value is -1.06. The molecule has 0 aliphatic carbocycles. The molecule has 0 atom stereocenters. The van der Waals surface area contributed by atoms with Crippen LogP contribution in [0.2, 0.25) is 10.0 Å². The van der Waals surface area contributed by atoms with E-state index >= 15 is 0 Å².